The van der Waals surface area contributed by atoms with Gasteiger partial charge in [-0.15, -0.1) is 0 Å². The Hall–Kier alpha value is -4.00. The molecule has 3 heterocycles. The molecule has 1 aliphatic heterocycles. The van der Waals surface area contributed by atoms with E-state index in [4.69, 9.17) is 0 Å². The van der Waals surface area contributed by atoms with E-state index >= 15 is 0 Å². The molecule has 0 fully saturated rings. The summed E-state index contributed by atoms with van der Waals surface area (Å²) < 4.78 is 1.50. The van der Waals surface area contributed by atoms with Crippen LogP contribution in [-0.2, 0) is 11.8 Å². The summed E-state index contributed by atoms with van der Waals surface area (Å²) in [4.78, 5) is 31.0. The maximum Gasteiger partial charge on any atom is 0.275 e. The second kappa shape index (κ2) is 9.87. The molecule has 4 rings (SSSR count). The summed E-state index contributed by atoms with van der Waals surface area (Å²) in [6.45, 7) is 1.40. The van der Waals surface area contributed by atoms with Gasteiger partial charge < -0.3 is 10.2 Å². The van der Waals surface area contributed by atoms with Crippen LogP contribution in [0.5, 0.6) is 0 Å². The molecule has 7 heteroatoms. The molecular formula is C25H25N5O2. The van der Waals surface area contributed by atoms with Crippen LogP contribution in [0.4, 0.5) is 5.82 Å². The van der Waals surface area contributed by atoms with Gasteiger partial charge in [0.2, 0.25) is 5.91 Å². The van der Waals surface area contributed by atoms with Crippen molar-refractivity contribution in [1.29, 1.82) is 0 Å². The van der Waals surface area contributed by atoms with Crippen molar-refractivity contribution in [1.82, 2.24) is 19.7 Å². The van der Waals surface area contributed by atoms with Gasteiger partial charge in [-0.2, -0.15) is 5.10 Å². The molecule has 2 amide bonds. The summed E-state index contributed by atoms with van der Waals surface area (Å²) in [6.07, 6.45) is 10.4. The van der Waals surface area contributed by atoms with Gasteiger partial charge in [-0.3, -0.25) is 14.3 Å². The van der Waals surface area contributed by atoms with Gasteiger partial charge in [0.15, 0.2) is 0 Å². The Balaban J connectivity index is 1.32. The number of anilines is 1. The molecule has 0 saturated heterocycles. The van der Waals surface area contributed by atoms with E-state index in [1.54, 1.807) is 43.7 Å². The largest absolute Gasteiger partial charge is 0.339 e. The van der Waals surface area contributed by atoms with Crippen LogP contribution in [0, 0.1) is 0 Å². The van der Waals surface area contributed by atoms with Crippen LogP contribution in [0.2, 0.25) is 0 Å². The molecule has 2 aromatic heterocycles. The predicted molar refractivity (Wildman–Crippen MR) is 125 cm³/mol. The van der Waals surface area contributed by atoms with Gasteiger partial charge in [0.25, 0.3) is 5.91 Å². The average molecular weight is 428 g/mol. The van der Waals surface area contributed by atoms with Crippen molar-refractivity contribution in [3.05, 3.63) is 89.9 Å². The first-order valence-corrected chi connectivity index (χ1v) is 10.6. The third kappa shape index (κ3) is 5.18. The Kier molecular flexibility index (Phi) is 6.55. The Morgan fingerprint density at radius 1 is 1.06 bits per heavy atom. The third-order valence-corrected chi connectivity index (χ3v) is 5.40. The van der Waals surface area contributed by atoms with Crippen molar-refractivity contribution in [2.45, 2.75) is 12.8 Å². The van der Waals surface area contributed by atoms with Crippen LogP contribution < -0.4 is 5.32 Å². The van der Waals surface area contributed by atoms with Crippen molar-refractivity contribution in [2.24, 2.45) is 7.05 Å². The number of nitrogens with zero attached hydrogens (tertiary/aromatic N) is 4. The number of aryl methyl sites for hydroxylation is 1. The Morgan fingerprint density at radius 3 is 2.62 bits per heavy atom. The van der Waals surface area contributed by atoms with E-state index in [0.29, 0.717) is 24.6 Å². The molecule has 0 radical (unpaired) electrons. The minimum absolute atomic E-state index is 0.0127. The second-order valence-corrected chi connectivity index (χ2v) is 7.56. The maximum absolute atomic E-state index is 12.7. The van der Waals surface area contributed by atoms with Gasteiger partial charge in [0, 0.05) is 38.6 Å². The zero-order chi connectivity index (χ0) is 22.3. The van der Waals surface area contributed by atoms with Gasteiger partial charge in [-0.25, -0.2) is 4.98 Å². The molecule has 0 atom stereocenters. The number of rotatable bonds is 5. The van der Waals surface area contributed by atoms with Crippen molar-refractivity contribution in [3.63, 3.8) is 0 Å². The summed E-state index contributed by atoms with van der Waals surface area (Å²) in [5, 5.41) is 6.72. The van der Waals surface area contributed by atoms with E-state index in [1.807, 2.05) is 29.2 Å². The monoisotopic (exact) mass is 427 g/mol. The number of hydrogen-bond donors (Lipinski definition) is 1. The molecule has 1 N–H and O–H groups in total. The molecule has 0 bridgehead atoms. The summed E-state index contributed by atoms with van der Waals surface area (Å²) in [5.74, 6) is 0.147. The summed E-state index contributed by atoms with van der Waals surface area (Å²) >= 11 is 0. The van der Waals surface area contributed by atoms with E-state index in [2.05, 4.69) is 33.6 Å². The van der Waals surface area contributed by atoms with Gasteiger partial charge in [0.1, 0.15) is 11.5 Å². The fraction of sp³-hybridized carbons (Fsp3) is 0.200. The molecule has 0 saturated carbocycles. The molecular weight excluding hydrogens is 402 g/mol. The summed E-state index contributed by atoms with van der Waals surface area (Å²) in [6, 6.07) is 15.5. The minimum atomic E-state index is -0.277. The molecule has 32 heavy (non-hydrogen) atoms. The Morgan fingerprint density at radius 2 is 1.91 bits per heavy atom. The molecule has 0 spiro atoms. The lowest BCUT2D eigenvalue weighted by molar-refractivity contribution is -0.125. The van der Waals surface area contributed by atoms with Crippen molar-refractivity contribution < 1.29 is 9.59 Å². The van der Waals surface area contributed by atoms with Gasteiger partial charge in [0.05, 0.1) is 0 Å². The highest BCUT2D eigenvalue weighted by atomic mass is 16.2. The number of carbonyl (C=O) groups excluding carboxylic acids is 2. The molecule has 0 unspecified atom stereocenters. The first kappa shape index (κ1) is 21.2. The number of pyridine rings is 1. The van der Waals surface area contributed by atoms with Crippen LogP contribution in [-0.4, -0.2) is 44.6 Å². The molecule has 3 aromatic rings. The number of hydrogen-bond acceptors (Lipinski definition) is 4. The van der Waals surface area contributed by atoms with Crippen molar-refractivity contribution in [3.8, 4) is 0 Å². The van der Waals surface area contributed by atoms with Crippen molar-refractivity contribution in [2.75, 3.05) is 18.4 Å². The van der Waals surface area contributed by atoms with Crippen LogP contribution >= 0.6 is 0 Å². The van der Waals surface area contributed by atoms with Crippen LogP contribution in [0.15, 0.2) is 73.1 Å². The molecule has 1 aromatic carbocycles. The predicted octanol–water partition coefficient (Wildman–Crippen LogP) is 3.79. The average Bonchev–Trinajstić information content (AvgIpc) is 3.10. The van der Waals surface area contributed by atoms with Crippen LogP contribution in [0.25, 0.3) is 11.6 Å². The number of nitrogens with one attached hydrogen (secondary N) is 1. The molecule has 0 aliphatic carbocycles. The zero-order valence-electron chi connectivity index (χ0n) is 17.9. The number of amides is 2. The van der Waals surface area contributed by atoms with Gasteiger partial charge in [-0.1, -0.05) is 36.4 Å². The third-order valence-electron chi connectivity index (χ3n) is 5.40. The lowest BCUT2D eigenvalue weighted by atomic mass is 10.0. The second-order valence-electron chi connectivity index (χ2n) is 7.56. The lowest BCUT2D eigenvalue weighted by Crippen LogP contribution is -2.30. The smallest absolute Gasteiger partial charge is 0.275 e. The Bertz CT molecular complexity index is 1150. The first-order chi connectivity index (χ1) is 15.6. The van der Waals surface area contributed by atoms with Crippen molar-refractivity contribution >= 4 is 29.3 Å². The van der Waals surface area contributed by atoms with Crippen LogP contribution in [0.1, 0.15) is 34.5 Å². The normalized spacial score (nSPS) is 14.2. The maximum atomic E-state index is 12.7. The van der Waals surface area contributed by atoms with E-state index < -0.39 is 0 Å². The highest BCUT2D eigenvalue weighted by Crippen LogP contribution is 2.22. The lowest BCUT2D eigenvalue weighted by Gasteiger charge is -2.18. The van der Waals surface area contributed by atoms with Gasteiger partial charge in [-0.05, 0) is 53.8 Å². The number of carbonyl (C=O) groups is 2. The highest BCUT2D eigenvalue weighted by molar-refractivity contribution is 6.02. The zero-order valence-corrected chi connectivity index (χ0v) is 17.9. The fourth-order valence-corrected chi connectivity index (χ4v) is 3.63. The SMILES string of the molecule is Cn1nccc1C(=O)Nc1ccc(/C=C/C(=O)N2CCC=C(c3ccccc3)CC2)cn1. The van der Waals surface area contributed by atoms with E-state index in [1.165, 1.54) is 15.8 Å². The highest BCUT2D eigenvalue weighted by Gasteiger charge is 2.15. The number of benzene rings is 1. The fourth-order valence-electron chi connectivity index (χ4n) is 3.63. The standard InChI is InChI=1S/C25H25N5O2/c1-29-22(13-15-27-29)25(32)28-23-11-9-19(18-26-23)10-12-24(31)30-16-5-8-21(14-17-30)20-6-3-2-4-7-20/h2-4,6-13,15,18H,5,14,16-17H2,1H3,(H,26,28,32)/b12-10+. The van der Waals surface area contributed by atoms with Gasteiger partial charge >= 0.3 is 0 Å². The molecule has 162 valence electrons. The van der Waals surface area contributed by atoms with Crippen LogP contribution in [0.3, 0.4) is 0 Å². The first-order valence-electron chi connectivity index (χ1n) is 10.6. The Labute approximate surface area is 187 Å². The molecule has 7 nitrogen and oxygen atoms in total. The van der Waals surface area contributed by atoms with E-state index in [0.717, 1.165) is 18.4 Å². The summed E-state index contributed by atoms with van der Waals surface area (Å²) in [7, 11) is 1.70. The molecule has 1 aliphatic rings. The quantitative estimate of drug-likeness (QED) is 0.629. The number of aromatic nitrogens is 3. The van der Waals surface area contributed by atoms with E-state index in [9.17, 15) is 9.59 Å². The summed E-state index contributed by atoms with van der Waals surface area (Å²) in [5.41, 5.74) is 3.75. The minimum Gasteiger partial charge on any atom is -0.339 e. The topological polar surface area (TPSA) is 80.1 Å². The van der Waals surface area contributed by atoms with E-state index in [-0.39, 0.29) is 11.8 Å².